The SMILES string of the molecule is Cc1c(C2CCN2)cnn1C. The van der Waals surface area contributed by atoms with E-state index in [4.69, 9.17) is 0 Å². The van der Waals surface area contributed by atoms with Crippen molar-refractivity contribution < 1.29 is 0 Å². The summed E-state index contributed by atoms with van der Waals surface area (Å²) < 4.78 is 1.93. The Morgan fingerprint density at radius 3 is 2.82 bits per heavy atom. The van der Waals surface area contributed by atoms with Gasteiger partial charge in [0.05, 0.1) is 6.20 Å². The fraction of sp³-hybridized carbons (Fsp3) is 0.625. The van der Waals surface area contributed by atoms with Crippen LogP contribution < -0.4 is 5.32 Å². The van der Waals surface area contributed by atoms with E-state index in [1.54, 1.807) is 0 Å². The average Bonchev–Trinajstić information content (AvgIpc) is 2.15. The van der Waals surface area contributed by atoms with Crippen molar-refractivity contribution in [1.29, 1.82) is 0 Å². The van der Waals surface area contributed by atoms with Gasteiger partial charge in [0, 0.05) is 24.3 Å². The lowest BCUT2D eigenvalue weighted by Crippen LogP contribution is -2.35. The molecule has 0 radical (unpaired) electrons. The Morgan fingerprint density at radius 2 is 2.45 bits per heavy atom. The molecule has 1 N–H and O–H groups in total. The average molecular weight is 151 g/mol. The Labute approximate surface area is 66.4 Å². The second-order valence-corrected chi connectivity index (χ2v) is 3.10. The summed E-state index contributed by atoms with van der Waals surface area (Å²) in [7, 11) is 1.98. The maximum absolute atomic E-state index is 4.20. The minimum absolute atomic E-state index is 0.573. The lowest BCUT2D eigenvalue weighted by atomic mass is 9.99. The molecule has 1 aliphatic heterocycles. The molecule has 1 aliphatic rings. The molecule has 1 unspecified atom stereocenters. The largest absolute Gasteiger partial charge is 0.310 e. The highest BCUT2D eigenvalue weighted by Crippen LogP contribution is 2.24. The van der Waals surface area contributed by atoms with E-state index in [1.165, 1.54) is 17.7 Å². The third-order valence-corrected chi connectivity index (χ3v) is 2.47. The number of nitrogens with one attached hydrogen (secondary N) is 1. The molecule has 1 aromatic rings. The maximum atomic E-state index is 4.20. The van der Waals surface area contributed by atoms with Crippen LogP contribution in [0.5, 0.6) is 0 Å². The number of aryl methyl sites for hydroxylation is 1. The van der Waals surface area contributed by atoms with Gasteiger partial charge in [-0.15, -0.1) is 0 Å². The highest BCUT2D eigenvalue weighted by molar-refractivity contribution is 5.22. The second-order valence-electron chi connectivity index (χ2n) is 3.10. The molecular formula is C8H13N3. The summed E-state index contributed by atoms with van der Waals surface area (Å²) in [6.07, 6.45) is 3.22. The molecule has 0 saturated carbocycles. The molecule has 2 heterocycles. The molecule has 1 saturated heterocycles. The fourth-order valence-electron chi connectivity index (χ4n) is 1.41. The molecule has 3 nitrogen and oxygen atoms in total. The molecule has 1 aromatic heterocycles. The van der Waals surface area contributed by atoms with E-state index in [-0.39, 0.29) is 0 Å². The van der Waals surface area contributed by atoms with Crippen molar-refractivity contribution in [2.24, 2.45) is 7.05 Å². The van der Waals surface area contributed by atoms with Crippen LogP contribution >= 0.6 is 0 Å². The third kappa shape index (κ3) is 0.959. The first-order valence-corrected chi connectivity index (χ1v) is 4.01. The van der Waals surface area contributed by atoms with E-state index in [1.807, 2.05) is 17.9 Å². The monoisotopic (exact) mass is 151 g/mol. The molecule has 3 heteroatoms. The smallest absolute Gasteiger partial charge is 0.0540 e. The number of hydrogen-bond acceptors (Lipinski definition) is 2. The Balaban J connectivity index is 2.29. The van der Waals surface area contributed by atoms with Crippen molar-refractivity contribution in [3.8, 4) is 0 Å². The lowest BCUT2D eigenvalue weighted by Gasteiger charge is -2.27. The van der Waals surface area contributed by atoms with Crippen LogP contribution in [0, 0.1) is 6.92 Å². The first kappa shape index (κ1) is 6.85. The van der Waals surface area contributed by atoms with E-state index < -0.39 is 0 Å². The van der Waals surface area contributed by atoms with E-state index in [0.717, 1.165) is 6.54 Å². The first-order chi connectivity index (χ1) is 5.29. The molecular weight excluding hydrogens is 138 g/mol. The zero-order valence-electron chi connectivity index (χ0n) is 6.96. The summed E-state index contributed by atoms with van der Waals surface area (Å²) >= 11 is 0. The standard InChI is InChI=1S/C8H13N3/c1-6-7(5-10-11(6)2)8-3-4-9-8/h5,8-9H,3-4H2,1-2H3. The summed E-state index contributed by atoms with van der Waals surface area (Å²) in [5, 5.41) is 7.56. The van der Waals surface area contributed by atoms with Crippen LogP contribution in [0.1, 0.15) is 23.7 Å². The summed E-state index contributed by atoms with van der Waals surface area (Å²) in [5.74, 6) is 0. The van der Waals surface area contributed by atoms with Gasteiger partial charge in [-0.2, -0.15) is 5.10 Å². The number of hydrogen-bond donors (Lipinski definition) is 1. The van der Waals surface area contributed by atoms with Crippen molar-refractivity contribution >= 4 is 0 Å². The van der Waals surface area contributed by atoms with Gasteiger partial charge in [-0.3, -0.25) is 4.68 Å². The summed E-state index contributed by atoms with van der Waals surface area (Å²) in [5.41, 5.74) is 2.64. The Kier molecular flexibility index (Phi) is 1.46. The maximum Gasteiger partial charge on any atom is 0.0540 e. The van der Waals surface area contributed by atoms with Gasteiger partial charge in [0.1, 0.15) is 0 Å². The van der Waals surface area contributed by atoms with Crippen LogP contribution in [-0.2, 0) is 7.05 Å². The van der Waals surface area contributed by atoms with E-state index in [9.17, 15) is 0 Å². The van der Waals surface area contributed by atoms with E-state index >= 15 is 0 Å². The van der Waals surface area contributed by atoms with Crippen molar-refractivity contribution in [3.05, 3.63) is 17.5 Å². The highest BCUT2D eigenvalue weighted by Gasteiger charge is 2.21. The van der Waals surface area contributed by atoms with Gasteiger partial charge in [-0.25, -0.2) is 0 Å². The van der Waals surface area contributed by atoms with Crippen LogP contribution in [0.3, 0.4) is 0 Å². The van der Waals surface area contributed by atoms with Crippen LogP contribution in [0.4, 0.5) is 0 Å². The van der Waals surface area contributed by atoms with Gasteiger partial charge in [0.15, 0.2) is 0 Å². The fourth-order valence-corrected chi connectivity index (χ4v) is 1.41. The van der Waals surface area contributed by atoms with Gasteiger partial charge >= 0.3 is 0 Å². The van der Waals surface area contributed by atoms with Crippen LogP contribution in [0.25, 0.3) is 0 Å². The minimum atomic E-state index is 0.573. The molecule has 0 aliphatic carbocycles. The van der Waals surface area contributed by atoms with Crippen molar-refractivity contribution in [2.75, 3.05) is 6.54 Å². The van der Waals surface area contributed by atoms with Crippen LogP contribution in [-0.4, -0.2) is 16.3 Å². The zero-order chi connectivity index (χ0) is 7.84. The molecule has 0 amide bonds. The van der Waals surface area contributed by atoms with Gasteiger partial charge in [-0.1, -0.05) is 0 Å². The molecule has 60 valence electrons. The molecule has 11 heavy (non-hydrogen) atoms. The summed E-state index contributed by atoms with van der Waals surface area (Å²) in [4.78, 5) is 0. The highest BCUT2D eigenvalue weighted by atomic mass is 15.3. The van der Waals surface area contributed by atoms with Gasteiger partial charge in [0.25, 0.3) is 0 Å². The second kappa shape index (κ2) is 2.34. The lowest BCUT2D eigenvalue weighted by molar-refractivity contribution is 0.381. The zero-order valence-corrected chi connectivity index (χ0v) is 6.96. The number of rotatable bonds is 1. The van der Waals surface area contributed by atoms with Crippen LogP contribution in [0.2, 0.25) is 0 Å². The normalized spacial score (nSPS) is 23.3. The van der Waals surface area contributed by atoms with E-state index in [2.05, 4.69) is 17.3 Å². The third-order valence-electron chi connectivity index (χ3n) is 2.47. The number of aromatic nitrogens is 2. The Morgan fingerprint density at radius 1 is 1.73 bits per heavy atom. The Hall–Kier alpha value is -0.830. The van der Waals surface area contributed by atoms with Gasteiger partial charge < -0.3 is 5.32 Å². The van der Waals surface area contributed by atoms with Gasteiger partial charge in [0.2, 0.25) is 0 Å². The van der Waals surface area contributed by atoms with Crippen molar-refractivity contribution in [1.82, 2.24) is 15.1 Å². The predicted molar refractivity (Wildman–Crippen MR) is 43.3 cm³/mol. The first-order valence-electron chi connectivity index (χ1n) is 4.01. The molecule has 2 rings (SSSR count). The van der Waals surface area contributed by atoms with Crippen molar-refractivity contribution in [2.45, 2.75) is 19.4 Å². The van der Waals surface area contributed by atoms with Crippen LogP contribution in [0.15, 0.2) is 6.20 Å². The molecule has 0 aromatic carbocycles. The van der Waals surface area contributed by atoms with Gasteiger partial charge in [-0.05, 0) is 19.9 Å². The summed E-state index contributed by atoms with van der Waals surface area (Å²) in [6, 6.07) is 0.573. The molecule has 0 spiro atoms. The summed E-state index contributed by atoms with van der Waals surface area (Å²) in [6.45, 7) is 3.27. The topological polar surface area (TPSA) is 29.9 Å². The van der Waals surface area contributed by atoms with E-state index in [0.29, 0.717) is 6.04 Å². The predicted octanol–water partition coefficient (Wildman–Crippen LogP) is 0.763. The molecule has 1 atom stereocenters. The Bertz CT molecular complexity index is 260. The quantitative estimate of drug-likeness (QED) is 0.642. The van der Waals surface area contributed by atoms with Crippen molar-refractivity contribution in [3.63, 3.8) is 0 Å². The molecule has 0 bridgehead atoms. The number of nitrogens with zero attached hydrogens (tertiary/aromatic N) is 2. The minimum Gasteiger partial charge on any atom is -0.310 e. The molecule has 1 fully saturated rings.